The van der Waals surface area contributed by atoms with E-state index < -0.39 is 0 Å². The zero-order valence-corrected chi connectivity index (χ0v) is 19.3. The Kier molecular flexibility index (Phi) is 6.55. The Morgan fingerprint density at radius 2 is 2.06 bits per heavy atom. The average molecular weight is 456 g/mol. The van der Waals surface area contributed by atoms with E-state index in [-0.39, 0.29) is 17.6 Å². The Bertz CT molecular complexity index is 1290. The van der Waals surface area contributed by atoms with Crippen molar-refractivity contribution in [1.29, 1.82) is 5.26 Å². The Hall–Kier alpha value is -4.25. The number of carbonyl (C=O) groups is 2. The van der Waals surface area contributed by atoms with E-state index >= 15 is 0 Å². The van der Waals surface area contributed by atoms with E-state index in [4.69, 9.17) is 10.00 Å². The summed E-state index contributed by atoms with van der Waals surface area (Å²) in [5.41, 5.74) is 4.96. The third-order valence-corrected chi connectivity index (χ3v) is 5.97. The first-order valence-corrected chi connectivity index (χ1v) is 11.0. The van der Waals surface area contributed by atoms with Crippen LogP contribution in [-0.2, 0) is 9.53 Å². The molecule has 0 spiro atoms. The second kappa shape index (κ2) is 9.71. The number of carbonyl (C=O) groups excluding carboxylic acids is 2. The number of hydrogen-bond acceptors (Lipinski definition) is 6. The number of amides is 1. The van der Waals surface area contributed by atoms with Crippen molar-refractivity contribution < 1.29 is 14.3 Å². The lowest BCUT2D eigenvalue weighted by molar-refractivity contribution is -0.113. The molecule has 4 rings (SSSR count). The molecule has 1 aromatic carbocycles. The minimum atomic E-state index is -0.242. The average Bonchev–Trinajstić information content (AvgIpc) is 3.44. The molecule has 172 valence electrons. The maximum atomic E-state index is 13.1. The summed E-state index contributed by atoms with van der Waals surface area (Å²) in [5, 5.41) is 16.2. The van der Waals surface area contributed by atoms with Crippen LogP contribution in [0.4, 0.5) is 0 Å². The molecule has 0 bridgehead atoms. The van der Waals surface area contributed by atoms with Gasteiger partial charge in [0.05, 0.1) is 30.1 Å². The van der Waals surface area contributed by atoms with Crippen LogP contribution in [0.1, 0.15) is 45.6 Å². The fourth-order valence-electron chi connectivity index (χ4n) is 4.46. The van der Waals surface area contributed by atoms with Gasteiger partial charge in [0, 0.05) is 31.3 Å². The van der Waals surface area contributed by atoms with E-state index in [0.29, 0.717) is 42.0 Å². The number of rotatable bonds is 7. The molecule has 3 aromatic rings. The number of ketones is 1. The fourth-order valence-corrected chi connectivity index (χ4v) is 4.46. The molecule has 0 saturated carbocycles. The van der Waals surface area contributed by atoms with Crippen molar-refractivity contribution in [3.05, 3.63) is 82.6 Å². The van der Waals surface area contributed by atoms with Gasteiger partial charge in [-0.15, -0.1) is 0 Å². The first-order valence-electron chi connectivity index (χ1n) is 11.0. The normalized spacial score (nSPS) is 15.4. The minimum Gasteiger partial charge on any atom is -0.500 e. The smallest absolute Gasteiger partial charge is 0.269 e. The van der Waals surface area contributed by atoms with Crippen molar-refractivity contribution >= 4 is 17.3 Å². The highest BCUT2D eigenvalue weighted by Crippen LogP contribution is 2.40. The van der Waals surface area contributed by atoms with Crippen LogP contribution in [-0.4, -0.2) is 40.1 Å². The van der Waals surface area contributed by atoms with Crippen molar-refractivity contribution in [2.45, 2.75) is 26.7 Å². The number of ether oxygens (including phenoxy) is 1. The summed E-state index contributed by atoms with van der Waals surface area (Å²) >= 11 is 0. The molecule has 1 aliphatic rings. The van der Waals surface area contributed by atoms with E-state index in [0.717, 1.165) is 22.4 Å². The highest BCUT2D eigenvalue weighted by molar-refractivity contribution is 6.24. The Morgan fingerprint density at radius 1 is 1.29 bits per heavy atom. The quantitative estimate of drug-likeness (QED) is 0.584. The maximum Gasteiger partial charge on any atom is 0.269 e. The van der Waals surface area contributed by atoms with Crippen LogP contribution in [0, 0.1) is 31.1 Å². The van der Waals surface area contributed by atoms with Gasteiger partial charge in [-0.25, -0.2) is 4.68 Å². The topological polar surface area (TPSA) is 110 Å². The van der Waals surface area contributed by atoms with Crippen LogP contribution in [0.15, 0.2) is 54.7 Å². The summed E-state index contributed by atoms with van der Waals surface area (Å²) in [6.07, 6.45) is 5.68. The summed E-state index contributed by atoms with van der Waals surface area (Å²) < 4.78 is 7.38. The standard InChI is InChI=1S/C26H25N5O3/c1-16-10-20(31-15-18(13-27)14-30-31)11-17(2)23(16)24-22(32)12-19(25(24)34-3)7-9-29-26(33)21-6-4-5-8-28-21/h4-6,8,10-11,14-15,19H,7,9,12H2,1-3H3,(H,29,33). The van der Waals surface area contributed by atoms with Gasteiger partial charge in [0.25, 0.3) is 5.91 Å². The van der Waals surface area contributed by atoms with Gasteiger partial charge >= 0.3 is 0 Å². The lowest BCUT2D eigenvalue weighted by Gasteiger charge is -2.17. The van der Waals surface area contributed by atoms with Crippen LogP contribution >= 0.6 is 0 Å². The first-order chi connectivity index (χ1) is 16.4. The summed E-state index contributed by atoms with van der Waals surface area (Å²) in [4.78, 5) is 29.4. The maximum absolute atomic E-state index is 13.1. The van der Waals surface area contributed by atoms with E-state index in [2.05, 4.69) is 21.5 Å². The number of nitriles is 1. The minimum absolute atomic E-state index is 0.0303. The van der Waals surface area contributed by atoms with Gasteiger partial charge in [0.2, 0.25) is 0 Å². The van der Waals surface area contributed by atoms with Gasteiger partial charge in [-0.05, 0) is 61.2 Å². The summed E-state index contributed by atoms with van der Waals surface area (Å²) in [6.45, 7) is 4.31. The van der Waals surface area contributed by atoms with E-state index in [1.165, 1.54) is 6.20 Å². The van der Waals surface area contributed by atoms with Crippen molar-refractivity contribution in [3.8, 4) is 11.8 Å². The second-order valence-corrected chi connectivity index (χ2v) is 8.27. The first kappa shape index (κ1) is 22.9. The van der Waals surface area contributed by atoms with Crippen LogP contribution in [0.2, 0.25) is 0 Å². The molecule has 0 fully saturated rings. The molecule has 1 aliphatic carbocycles. The summed E-state index contributed by atoms with van der Waals surface area (Å²) in [5.74, 6) is 0.331. The van der Waals surface area contributed by atoms with Crippen molar-refractivity contribution in [2.75, 3.05) is 13.7 Å². The van der Waals surface area contributed by atoms with Crippen LogP contribution < -0.4 is 5.32 Å². The zero-order valence-electron chi connectivity index (χ0n) is 19.3. The highest BCUT2D eigenvalue weighted by atomic mass is 16.5. The summed E-state index contributed by atoms with van der Waals surface area (Å²) in [6, 6.07) is 11.2. The van der Waals surface area contributed by atoms with Crippen LogP contribution in [0.3, 0.4) is 0 Å². The number of Topliss-reactive ketones (excluding diaryl/α,β-unsaturated/α-hetero) is 1. The van der Waals surface area contributed by atoms with Gasteiger partial charge in [0.15, 0.2) is 5.78 Å². The van der Waals surface area contributed by atoms with E-state index in [1.54, 1.807) is 42.4 Å². The monoisotopic (exact) mass is 455 g/mol. The summed E-state index contributed by atoms with van der Waals surface area (Å²) in [7, 11) is 1.58. The van der Waals surface area contributed by atoms with Gasteiger partial charge < -0.3 is 10.1 Å². The molecule has 1 amide bonds. The molecule has 0 radical (unpaired) electrons. The Labute approximate surface area is 197 Å². The number of nitrogens with zero attached hydrogens (tertiary/aromatic N) is 4. The lowest BCUT2D eigenvalue weighted by atomic mass is 9.93. The fraction of sp³-hybridized carbons (Fsp3) is 0.269. The van der Waals surface area contributed by atoms with Gasteiger partial charge in [-0.1, -0.05) is 6.07 Å². The van der Waals surface area contributed by atoms with Crippen molar-refractivity contribution in [2.24, 2.45) is 5.92 Å². The third kappa shape index (κ3) is 4.46. The van der Waals surface area contributed by atoms with Crippen molar-refractivity contribution in [3.63, 3.8) is 0 Å². The largest absolute Gasteiger partial charge is 0.500 e. The highest BCUT2D eigenvalue weighted by Gasteiger charge is 2.35. The molecule has 1 atom stereocenters. The van der Waals surface area contributed by atoms with Crippen LogP contribution in [0.25, 0.3) is 11.3 Å². The molecular weight excluding hydrogens is 430 g/mol. The number of allylic oxidation sites excluding steroid dienone is 2. The number of aryl methyl sites for hydroxylation is 2. The number of methoxy groups -OCH3 is 1. The molecule has 0 aliphatic heterocycles. The van der Waals surface area contributed by atoms with Gasteiger partial charge in [-0.2, -0.15) is 10.4 Å². The molecule has 8 nitrogen and oxygen atoms in total. The predicted molar refractivity (Wildman–Crippen MR) is 126 cm³/mol. The number of nitrogens with one attached hydrogen (secondary N) is 1. The molecule has 2 heterocycles. The lowest BCUT2D eigenvalue weighted by Crippen LogP contribution is -2.26. The number of aromatic nitrogens is 3. The number of hydrogen-bond donors (Lipinski definition) is 1. The third-order valence-electron chi connectivity index (χ3n) is 5.97. The Balaban J connectivity index is 1.56. The molecule has 8 heteroatoms. The van der Waals surface area contributed by atoms with E-state index in [9.17, 15) is 9.59 Å². The van der Waals surface area contributed by atoms with E-state index in [1.807, 2.05) is 26.0 Å². The molecular formula is C26H25N5O3. The van der Waals surface area contributed by atoms with Gasteiger partial charge in [-0.3, -0.25) is 14.6 Å². The van der Waals surface area contributed by atoms with Crippen molar-refractivity contribution in [1.82, 2.24) is 20.1 Å². The van der Waals surface area contributed by atoms with Crippen LogP contribution in [0.5, 0.6) is 0 Å². The molecule has 34 heavy (non-hydrogen) atoms. The molecule has 1 unspecified atom stereocenters. The van der Waals surface area contributed by atoms with Gasteiger partial charge in [0.1, 0.15) is 17.5 Å². The second-order valence-electron chi connectivity index (χ2n) is 8.27. The molecule has 0 saturated heterocycles. The molecule has 1 N–H and O–H groups in total. The predicted octanol–water partition coefficient (Wildman–Crippen LogP) is 3.52. The number of pyridine rings is 1. The SMILES string of the molecule is COC1=C(c2c(C)cc(-n3cc(C#N)cn3)cc2C)C(=O)CC1CCNC(=O)c1ccccn1. The number of benzene rings is 1. The Morgan fingerprint density at radius 3 is 2.68 bits per heavy atom. The molecule has 2 aromatic heterocycles. The zero-order chi connectivity index (χ0) is 24.2.